The maximum Gasteiger partial charge on any atom is 0.267 e. The van der Waals surface area contributed by atoms with Crippen LogP contribution < -0.4 is 11.1 Å². The molecule has 126 valence electrons. The third-order valence-electron chi connectivity index (χ3n) is 3.50. The van der Waals surface area contributed by atoms with Crippen LogP contribution in [0.2, 0.25) is 5.02 Å². The van der Waals surface area contributed by atoms with Crippen LogP contribution in [0.4, 0.5) is 5.69 Å². The van der Waals surface area contributed by atoms with Crippen LogP contribution in [0.25, 0.3) is 10.6 Å². The van der Waals surface area contributed by atoms with E-state index in [1.807, 2.05) is 12.1 Å². The molecular formula is C18H14ClN3O2S. The van der Waals surface area contributed by atoms with Crippen molar-refractivity contribution in [2.24, 2.45) is 5.73 Å². The van der Waals surface area contributed by atoms with E-state index in [-0.39, 0.29) is 5.91 Å². The van der Waals surface area contributed by atoms with Gasteiger partial charge in [-0.1, -0.05) is 29.8 Å². The Labute approximate surface area is 153 Å². The van der Waals surface area contributed by atoms with Crippen LogP contribution in [0.5, 0.6) is 0 Å². The van der Waals surface area contributed by atoms with Gasteiger partial charge < -0.3 is 11.1 Å². The Hall–Kier alpha value is -2.70. The maximum absolute atomic E-state index is 12.5. The molecule has 0 aliphatic carbocycles. The lowest BCUT2D eigenvalue weighted by Crippen LogP contribution is -2.14. The average molecular weight is 372 g/mol. The number of amides is 2. The molecule has 3 rings (SSSR count). The summed E-state index contributed by atoms with van der Waals surface area (Å²) in [5.74, 6) is -0.827. The summed E-state index contributed by atoms with van der Waals surface area (Å²) >= 11 is 7.20. The van der Waals surface area contributed by atoms with Crippen molar-refractivity contribution in [1.82, 2.24) is 4.98 Å². The van der Waals surface area contributed by atoms with Crippen molar-refractivity contribution in [1.29, 1.82) is 0 Å². The summed E-state index contributed by atoms with van der Waals surface area (Å²) in [7, 11) is 0. The highest BCUT2D eigenvalue weighted by atomic mass is 35.5. The number of hydrogen-bond donors (Lipinski definition) is 2. The van der Waals surface area contributed by atoms with Crippen molar-refractivity contribution in [2.75, 3.05) is 5.32 Å². The molecule has 0 bridgehead atoms. The number of thiazole rings is 1. The predicted octanol–water partition coefficient (Wildman–Crippen LogP) is 4.12. The summed E-state index contributed by atoms with van der Waals surface area (Å²) in [4.78, 5) is 28.7. The van der Waals surface area contributed by atoms with Crippen LogP contribution in [0.15, 0.2) is 48.5 Å². The SMILES string of the molecule is Cc1nc(-c2ccc(Cl)cc2)sc1C(=O)Nc1cccc(C(N)=O)c1. The molecule has 0 saturated heterocycles. The lowest BCUT2D eigenvalue weighted by Gasteiger charge is -2.05. The second kappa shape index (κ2) is 7.04. The number of aryl methyl sites for hydroxylation is 1. The van der Waals surface area contributed by atoms with E-state index in [2.05, 4.69) is 10.3 Å². The molecule has 1 aromatic heterocycles. The molecule has 5 nitrogen and oxygen atoms in total. The summed E-state index contributed by atoms with van der Waals surface area (Å²) in [5, 5.41) is 4.15. The molecule has 0 atom stereocenters. The predicted molar refractivity (Wildman–Crippen MR) is 100 cm³/mol. The molecular weight excluding hydrogens is 358 g/mol. The van der Waals surface area contributed by atoms with E-state index in [0.29, 0.717) is 26.8 Å². The molecule has 0 spiro atoms. The fraction of sp³-hybridized carbons (Fsp3) is 0.0556. The fourth-order valence-corrected chi connectivity index (χ4v) is 3.35. The second-order valence-electron chi connectivity index (χ2n) is 5.34. The van der Waals surface area contributed by atoms with Gasteiger partial charge in [0.15, 0.2) is 0 Å². The number of anilines is 1. The third kappa shape index (κ3) is 3.87. The van der Waals surface area contributed by atoms with Crippen molar-refractivity contribution in [3.8, 4) is 10.6 Å². The molecule has 0 unspecified atom stereocenters. The summed E-state index contributed by atoms with van der Waals surface area (Å²) in [6, 6.07) is 13.8. The Morgan fingerprint density at radius 3 is 2.56 bits per heavy atom. The zero-order valence-corrected chi connectivity index (χ0v) is 14.8. The summed E-state index contributed by atoms with van der Waals surface area (Å²) in [5.41, 5.74) is 7.63. The van der Waals surface area contributed by atoms with Gasteiger partial charge in [-0.2, -0.15) is 0 Å². The highest BCUT2D eigenvalue weighted by Gasteiger charge is 2.17. The summed E-state index contributed by atoms with van der Waals surface area (Å²) in [6.45, 7) is 1.78. The minimum atomic E-state index is -0.546. The van der Waals surface area contributed by atoms with Crippen LogP contribution in [0, 0.1) is 6.92 Å². The first kappa shape index (κ1) is 17.1. The maximum atomic E-state index is 12.5. The number of hydrogen-bond acceptors (Lipinski definition) is 4. The van der Waals surface area contributed by atoms with E-state index in [0.717, 1.165) is 10.6 Å². The lowest BCUT2D eigenvalue weighted by molar-refractivity contribution is 0.0996. The van der Waals surface area contributed by atoms with Crippen molar-refractivity contribution in [3.63, 3.8) is 0 Å². The van der Waals surface area contributed by atoms with Gasteiger partial charge in [0, 0.05) is 21.8 Å². The summed E-state index contributed by atoms with van der Waals surface area (Å²) < 4.78 is 0. The molecule has 0 aliphatic heterocycles. The third-order valence-corrected chi connectivity index (χ3v) is 4.96. The molecule has 7 heteroatoms. The Kier molecular flexibility index (Phi) is 4.83. The normalized spacial score (nSPS) is 10.5. The Morgan fingerprint density at radius 1 is 1.16 bits per heavy atom. The number of primary amides is 1. The zero-order chi connectivity index (χ0) is 18.0. The van der Waals surface area contributed by atoms with Crippen LogP contribution in [-0.4, -0.2) is 16.8 Å². The van der Waals surface area contributed by atoms with Gasteiger partial charge in [0.2, 0.25) is 5.91 Å². The minimum Gasteiger partial charge on any atom is -0.366 e. The molecule has 0 aliphatic rings. The van der Waals surface area contributed by atoms with E-state index in [4.69, 9.17) is 17.3 Å². The van der Waals surface area contributed by atoms with Gasteiger partial charge in [0.05, 0.1) is 5.69 Å². The first-order valence-corrected chi connectivity index (χ1v) is 8.58. The van der Waals surface area contributed by atoms with Gasteiger partial charge in [0.1, 0.15) is 9.88 Å². The van der Waals surface area contributed by atoms with Crippen molar-refractivity contribution in [2.45, 2.75) is 6.92 Å². The number of aromatic nitrogens is 1. The first-order chi connectivity index (χ1) is 11.9. The van der Waals surface area contributed by atoms with Gasteiger partial charge in [-0.3, -0.25) is 9.59 Å². The average Bonchev–Trinajstić information content (AvgIpc) is 2.97. The number of carbonyl (C=O) groups is 2. The Bertz CT molecular complexity index is 951. The largest absolute Gasteiger partial charge is 0.366 e. The number of rotatable bonds is 4. The molecule has 1 heterocycles. The smallest absolute Gasteiger partial charge is 0.267 e. The number of nitrogens with one attached hydrogen (secondary N) is 1. The van der Waals surface area contributed by atoms with Gasteiger partial charge in [-0.05, 0) is 37.3 Å². The quantitative estimate of drug-likeness (QED) is 0.723. The van der Waals surface area contributed by atoms with Gasteiger partial charge >= 0.3 is 0 Å². The van der Waals surface area contributed by atoms with Crippen LogP contribution in [0.1, 0.15) is 25.7 Å². The van der Waals surface area contributed by atoms with Crippen LogP contribution in [0.3, 0.4) is 0 Å². The number of nitrogens with zero attached hydrogens (tertiary/aromatic N) is 1. The summed E-state index contributed by atoms with van der Waals surface area (Å²) in [6.07, 6.45) is 0. The highest BCUT2D eigenvalue weighted by molar-refractivity contribution is 7.17. The first-order valence-electron chi connectivity index (χ1n) is 7.38. The molecule has 0 saturated carbocycles. The molecule has 2 amide bonds. The van der Waals surface area contributed by atoms with E-state index in [1.54, 1.807) is 37.3 Å². The number of nitrogens with two attached hydrogens (primary N) is 1. The van der Waals surface area contributed by atoms with Crippen LogP contribution in [-0.2, 0) is 0 Å². The van der Waals surface area contributed by atoms with Crippen molar-refractivity contribution in [3.05, 3.63) is 69.7 Å². The number of carbonyl (C=O) groups excluding carboxylic acids is 2. The zero-order valence-electron chi connectivity index (χ0n) is 13.2. The molecule has 0 radical (unpaired) electrons. The standard InChI is InChI=1S/C18H14ClN3O2S/c1-10-15(25-18(21-10)11-5-7-13(19)8-6-11)17(24)22-14-4-2-3-12(9-14)16(20)23/h2-9H,1H3,(H2,20,23)(H,22,24). The molecule has 2 aromatic carbocycles. The van der Waals surface area contributed by atoms with E-state index in [1.165, 1.54) is 17.4 Å². The van der Waals surface area contributed by atoms with E-state index >= 15 is 0 Å². The van der Waals surface area contributed by atoms with Crippen molar-refractivity contribution >= 4 is 40.4 Å². The van der Waals surface area contributed by atoms with E-state index < -0.39 is 5.91 Å². The van der Waals surface area contributed by atoms with Crippen LogP contribution >= 0.6 is 22.9 Å². The Balaban J connectivity index is 1.84. The molecule has 0 fully saturated rings. The van der Waals surface area contributed by atoms with Gasteiger partial charge in [-0.25, -0.2) is 4.98 Å². The topological polar surface area (TPSA) is 85.1 Å². The fourth-order valence-electron chi connectivity index (χ4n) is 2.26. The minimum absolute atomic E-state index is 0.281. The lowest BCUT2D eigenvalue weighted by atomic mass is 10.2. The second-order valence-corrected chi connectivity index (χ2v) is 6.78. The number of halogens is 1. The van der Waals surface area contributed by atoms with Gasteiger partial charge in [0.25, 0.3) is 5.91 Å². The van der Waals surface area contributed by atoms with Gasteiger partial charge in [-0.15, -0.1) is 11.3 Å². The monoisotopic (exact) mass is 371 g/mol. The van der Waals surface area contributed by atoms with Crippen molar-refractivity contribution < 1.29 is 9.59 Å². The number of benzene rings is 2. The molecule has 25 heavy (non-hydrogen) atoms. The molecule has 3 aromatic rings. The van der Waals surface area contributed by atoms with E-state index in [9.17, 15) is 9.59 Å². The molecule has 3 N–H and O–H groups in total. The highest BCUT2D eigenvalue weighted by Crippen LogP contribution is 2.29. The Morgan fingerprint density at radius 2 is 1.88 bits per heavy atom.